The number of halogens is 2. The first kappa shape index (κ1) is 16.7. The van der Waals surface area contributed by atoms with Gasteiger partial charge in [0.15, 0.2) is 10.3 Å². The van der Waals surface area contributed by atoms with Crippen LogP contribution >= 0.6 is 23.2 Å². The van der Waals surface area contributed by atoms with Crippen LogP contribution < -0.4 is 0 Å². The van der Waals surface area contributed by atoms with Crippen LogP contribution in [0, 0.1) is 0 Å². The molecule has 0 radical (unpaired) electrons. The second-order valence-corrected chi connectivity index (χ2v) is 4.84. The Hall–Kier alpha value is -1.40. The standard InChI is InChI=1S/C12H16Cl2N4O2/c1-4-18(5-2)10(19)7-17(3)12(20)8-6-9(13)15-16-11(8)14/h6H,4-5,7H2,1-3H3. The number of carbonyl (C=O) groups excluding carboxylic acids is 2. The van der Waals surface area contributed by atoms with Crippen molar-refractivity contribution < 1.29 is 9.59 Å². The fourth-order valence-corrected chi connectivity index (χ4v) is 1.98. The zero-order chi connectivity index (χ0) is 15.3. The van der Waals surface area contributed by atoms with E-state index in [4.69, 9.17) is 23.2 Å². The minimum atomic E-state index is -0.424. The number of hydrogen-bond donors (Lipinski definition) is 0. The van der Waals surface area contributed by atoms with Crippen molar-refractivity contribution in [1.29, 1.82) is 0 Å². The van der Waals surface area contributed by atoms with Gasteiger partial charge in [-0.2, -0.15) is 0 Å². The van der Waals surface area contributed by atoms with Gasteiger partial charge in [0, 0.05) is 20.1 Å². The number of aromatic nitrogens is 2. The van der Waals surface area contributed by atoms with Gasteiger partial charge in [0.2, 0.25) is 5.91 Å². The number of hydrogen-bond acceptors (Lipinski definition) is 4. The largest absolute Gasteiger partial charge is 0.342 e. The Kier molecular flexibility index (Phi) is 6.16. The lowest BCUT2D eigenvalue weighted by atomic mass is 10.2. The van der Waals surface area contributed by atoms with E-state index in [1.54, 1.807) is 4.90 Å². The molecule has 0 bridgehead atoms. The van der Waals surface area contributed by atoms with E-state index in [2.05, 4.69) is 10.2 Å². The number of amides is 2. The van der Waals surface area contributed by atoms with Crippen molar-refractivity contribution in [3.05, 3.63) is 21.9 Å². The van der Waals surface area contributed by atoms with Crippen LogP contribution in [0.4, 0.5) is 0 Å². The van der Waals surface area contributed by atoms with Gasteiger partial charge in [-0.3, -0.25) is 9.59 Å². The maximum absolute atomic E-state index is 12.2. The number of carbonyl (C=O) groups is 2. The topological polar surface area (TPSA) is 66.4 Å². The summed E-state index contributed by atoms with van der Waals surface area (Å²) in [5, 5.41) is 7.13. The summed E-state index contributed by atoms with van der Waals surface area (Å²) < 4.78 is 0. The lowest BCUT2D eigenvalue weighted by molar-refractivity contribution is -0.131. The highest BCUT2D eigenvalue weighted by atomic mass is 35.5. The summed E-state index contributed by atoms with van der Waals surface area (Å²) in [6.07, 6.45) is 0. The summed E-state index contributed by atoms with van der Waals surface area (Å²) in [5.74, 6) is -0.553. The Labute approximate surface area is 127 Å². The molecule has 0 fully saturated rings. The third-order valence-electron chi connectivity index (χ3n) is 2.78. The maximum atomic E-state index is 12.2. The molecule has 110 valence electrons. The molecule has 20 heavy (non-hydrogen) atoms. The number of likely N-dealkylation sites (N-methyl/N-ethyl adjacent to an activating group) is 2. The summed E-state index contributed by atoms with van der Waals surface area (Å²) >= 11 is 11.5. The van der Waals surface area contributed by atoms with E-state index in [0.29, 0.717) is 13.1 Å². The van der Waals surface area contributed by atoms with Crippen molar-refractivity contribution >= 4 is 35.0 Å². The number of nitrogens with zero attached hydrogens (tertiary/aromatic N) is 4. The first-order valence-electron chi connectivity index (χ1n) is 6.12. The molecular formula is C12H16Cl2N4O2. The summed E-state index contributed by atoms with van der Waals surface area (Å²) in [4.78, 5) is 27.1. The van der Waals surface area contributed by atoms with E-state index in [1.165, 1.54) is 18.0 Å². The van der Waals surface area contributed by atoms with Crippen LogP contribution in [-0.2, 0) is 4.79 Å². The highest BCUT2D eigenvalue weighted by Gasteiger charge is 2.21. The fraction of sp³-hybridized carbons (Fsp3) is 0.500. The van der Waals surface area contributed by atoms with Crippen LogP contribution in [-0.4, -0.2) is 58.5 Å². The molecule has 0 aliphatic heterocycles. The van der Waals surface area contributed by atoms with E-state index in [-0.39, 0.29) is 28.3 Å². The van der Waals surface area contributed by atoms with E-state index >= 15 is 0 Å². The Morgan fingerprint density at radius 2 is 1.80 bits per heavy atom. The van der Waals surface area contributed by atoms with Crippen molar-refractivity contribution in [3.63, 3.8) is 0 Å². The molecular weight excluding hydrogens is 303 g/mol. The van der Waals surface area contributed by atoms with Crippen molar-refractivity contribution in [3.8, 4) is 0 Å². The molecule has 1 aromatic rings. The molecule has 1 heterocycles. The third-order valence-corrected chi connectivity index (χ3v) is 3.25. The normalized spacial score (nSPS) is 10.2. The third kappa shape index (κ3) is 4.05. The second kappa shape index (κ2) is 7.40. The fourth-order valence-electron chi connectivity index (χ4n) is 1.66. The highest BCUT2D eigenvalue weighted by molar-refractivity contribution is 6.34. The van der Waals surface area contributed by atoms with Crippen LogP contribution in [0.3, 0.4) is 0 Å². The maximum Gasteiger partial charge on any atom is 0.257 e. The molecule has 0 N–H and O–H groups in total. The van der Waals surface area contributed by atoms with Gasteiger partial charge in [-0.15, -0.1) is 10.2 Å². The molecule has 0 aliphatic carbocycles. The van der Waals surface area contributed by atoms with Crippen molar-refractivity contribution in [2.45, 2.75) is 13.8 Å². The smallest absolute Gasteiger partial charge is 0.257 e. The molecule has 1 rings (SSSR count). The molecule has 6 nitrogen and oxygen atoms in total. The predicted molar refractivity (Wildman–Crippen MR) is 76.9 cm³/mol. The van der Waals surface area contributed by atoms with Crippen LogP contribution in [0.2, 0.25) is 10.3 Å². The SMILES string of the molecule is CCN(CC)C(=O)CN(C)C(=O)c1cc(Cl)nnc1Cl. The second-order valence-electron chi connectivity index (χ2n) is 4.10. The van der Waals surface area contributed by atoms with E-state index in [0.717, 1.165) is 0 Å². The van der Waals surface area contributed by atoms with Gasteiger partial charge in [-0.05, 0) is 19.9 Å². The quantitative estimate of drug-likeness (QED) is 0.829. The number of rotatable bonds is 5. The lowest BCUT2D eigenvalue weighted by Gasteiger charge is -2.23. The molecule has 2 amide bonds. The van der Waals surface area contributed by atoms with Crippen molar-refractivity contribution in [1.82, 2.24) is 20.0 Å². The molecule has 1 aromatic heterocycles. The predicted octanol–water partition coefficient (Wildman–Crippen LogP) is 1.72. The van der Waals surface area contributed by atoms with Gasteiger partial charge in [0.25, 0.3) is 5.91 Å². The van der Waals surface area contributed by atoms with Gasteiger partial charge in [0.1, 0.15) is 0 Å². The minimum Gasteiger partial charge on any atom is -0.342 e. The Morgan fingerprint density at radius 1 is 1.20 bits per heavy atom. The monoisotopic (exact) mass is 318 g/mol. The zero-order valence-electron chi connectivity index (χ0n) is 11.6. The van der Waals surface area contributed by atoms with E-state index in [1.807, 2.05) is 13.8 Å². The molecule has 8 heteroatoms. The summed E-state index contributed by atoms with van der Waals surface area (Å²) in [6, 6.07) is 1.33. The molecule has 0 unspecified atom stereocenters. The Morgan fingerprint density at radius 3 is 2.35 bits per heavy atom. The summed E-state index contributed by atoms with van der Waals surface area (Å²) in [6.45, 7) is 4.93. The first-order valence-corrected chi connectivity index (χ1v) is 6.88. The Bertz CT molecular complexity index is 506. The minimum absolute atomic E-state index is 0.0310. The van der Waals surface area contributed by atoms with Gasteiger partial charge < -0.3 is 9.80 Å². The van der Waals surface area contributed by atoms with Gasteiger partial charge in [-0.25, -0.2) is 0 Å². The first-order chi connectivity index (χ1) is 9.40. The van der Waals surface area contributed by atoms with Crippen LogP contribution in [0.5, 0.6) is 0 Å². The molecule has 0 atom stereocenters. The molecule has 0 spiro atoms. The van der Waals surface area contributed by atoms with Gasteiger partial charge >= 0.3 is 0 Å². The van der Waals surface area contributed by atoms with Gasteiger partial charge in [0.05, 0.1) is 12.1 Å². The molecule has 0 aliphatic rings. The van der Waals surface area contributed by atoms with E-state index < -0.39 is 5.91 Å². The Balaban J connectivity index is 2.82. The lowest BCUT2D eigenvalue weighted by Crippen LogP contribution is -2.41. The summed E-state index contributed by atoms with van der Waals surface area (Å²) in [7, 11) is 1.52. The van der Waals surface area contributed by atoms with Crippen molar-refractivity contribution in [2.24, 2.45) is 0 Å². The van der Waals surface area contributed by atoms with Gasteiger partial charge in [-0.1, -0.05) is 23.2 Å². The molecule has 0 saturated carbocycles. The van der Waals surface area contributed by atoms with Crippen LogP contribution in [0.1, 0.15) is 24.2 Å². The van der Waals surface area contributed by atoms with Crippen LogP contribution in [0.25, 0.3) is 0 Å². The van der Waals surface area contributed by atoms with E-state index in [9.17, 15) is 9.59 Å². The molecule has 0 aromatic carbocycles. The molecule has 0 saturated heterocycles. The highest BCUT2D eigenvalue weighted by Crippen LogP contribution is 2.17. The summed E-state index contributed by atoms with van der Waals surface area (Å²) in [5.41, 5.74) is 0.126. The average molecular weight is 319 g/mol. The van der Waals surface area contributed by atoms with Crippen molar-refractivity contribution in [2.75, 3.05) is 26.7 Å². The average Bonchev–Trinajstić information content (AvgIpc) is 2.42. The van der Waals surface area contributed by atoms with Crippen LogP contribution in [0.15, 0.2) is 6.07 Å². The zero-order valence-corrected chi connectivity index (χ0v) is 13.1.